The van der Waals surface area contributed by atoms with Gasteiger partial charge in [-0.1, -0.05) is 6.92 Å². The van der Waals surface area contributed by atoms with Crippen molar-refractivity contribution in [1.29, 1.82) is 0 Å². The van der Waals surface area contributed by atoms with Gasteiger partial charge in [-0.15, -0.1) is 0 Å². The van der Waals surface area contributed by atoms with Crippen molar-refractivity contribution in [1.82, 2.24) is 10.3 Å². The zero-order valence-corrected chi connectivity index (χ0v) is 17.2. The number of ketones is 1. The summed E-state index contributed by atoms with van der Waals surface area (Å²) in [5.41, 5.74) is -1.27. The van der Waals surface area contributed by atoms with Crippen LogP contribution in [0.25, 0.3) is 0 Å². The fourth-order valence-corrected chi connectivity index (χ4v) is 3.61. The van der Waals surface area contributed by atoms with Crippen LogP contribution in [0.2, 0.25) is 0 Å². The van der Waals surface area contributed by atoms with E-state index in [4.69, 9.17) is 0 Å². The van der Waals surface area contributed by atoms with Gasteiger partial charge in [0, 0.05) is 19.3 Å². The highest BCUT2D eigenvalue weighted by atomic mass is 19.4. The first-order valence-corrected chi connectivity index (χ1v) is 9.80. The van der Waals surface area contributed by atoms with Crippen LogP contribution in [0, 0.1) is 17.2 Å². The molecule has 0 aromatic carbocycles. The van der Waals surface area contributed by atoms with Crippen LogP contribution >= 0.6 is 0 Å². The number of hydrogen-bond acceptors (Lipinski definition) is 7. The van der Waals surface area contributed by atoms with Crippen molar-refractivity contribution in [3.8, 4) is 0 Å². The molecule has 3 heterocycles. The number of halogens is 6. The van der Waals surface area contributed by atoms with Crippen molar-refractivity contribution < 1.29 is 46.1 Å². The monoisotopic (exact) mass is 482 g/mol. The molecule has 1 aromatic rings. The molecular weight excluding hydrogens is 462 g/mol. The molecular formula is C19H20F6N4O4. The Balaban J connectivity index is 1.79. The SMILES string of the molecule is CCC(NC(=O)C1C=Nc2nc(N3CC(CO)(CO)C3)c(F)cc2C1=O)C(F)(F)C(F)(F)F. The van der Waals surface area contributed by atoms with Crippen LogP contribution in [-0.4, -0.2) is 77.5 Å². The van der Waals surface area contributed by atoms with Gasteiger partial charge < -0.3 is 20.4 Å². The average Bonchev–Trinajstić information content (AvgIpc) is 2.71. The largest absolute Gasteiger partial charge is 0.455 e. The van der Waals surface area contributed by atoms with Crippen molar-refractivity contribution in [2.75, 3.05) is 31.2 Å². The van der Waals surface area contributed by atoms with E-state index in [0.717, 1.165) is 19.2 Å². The maximum absolute atomic E-state index is 14.6. The van der Waals surface area contributed by atoms with E-state index in [0.29, 0.717) is 0 Å². The van der Waals surface area contributed by atoms with E-state index in [-0.39, 0.29) is 37.9 Å². The summed E-state index contributed by atoms with van der Waals surface area (Å²) < 4.78 is 79.8. The Labute approximate surface area is 183 Å². The van der Waals surface area contributed by atoms with Gasteiger partial charge in [-0.2, -0.15) is 22.0 Å². The first kappa shape index (κ1) is 24.9. The first-order valence-electron chi connectivity index (χ1n) is 9.80. The zero-order valence-electron chi connectivity index (χ0n) is 17.2. The van der Waals surface area contributed by atoms with Crippen LogP contribution in [0.4, 0.5) is 38.0 Å². The number of amides is 1. The van der Waals surface area contributed by atoms with Crippen LogP contribution in [0.1, 0.15) is 23.7 Å². The highest BCUT2D eigenvalue weighted by Crippen LogP contribution is 2.40. The summed E-state index contributed by atoms with van der Waals surface area (Å²) in [5.74, 6) is -11.0. The second-order valence-electron chi connectivity index (χ2n) is 8.05. The Kier molecular flexibility index (Phi) is 6.45. The minimum atomic E-state index is -5.91. The van der Waals surface area contributed by atoms with Crippen molar-refractivity contribution in [3.63, 3.8) is 0 Å². The molecule has 182 valence electrons. The number of aromatic nitrogens is 1. The molecule has 3 rings (SSSR count). The zero-order chi connectivity index (χ0) is 24.8. The summed E-state index contributed by atoms with van der Waals surface area (Å²) in [6.07, 6.45) is -5.94. The topological polar surface area (TPSA) is 115 Å². The second kappa shape index (κ2) is 8.56. The van der Waals surface area contributed by atoms with E-state index in [1.165, 1.54) is 10.2 Å². The highest BCUT2D eigenvalue weighted by molar-refractivity contribution is 6.23. The summed E-state index contributed by atoms with van der Waals surface area (Å²) >= 11 is 0. The third-order valence-corrected chi connectivity index (χ3v) is 5.68. The number of aliphatic imine (C=N–C) groups is 1. The highest BCUT2D eigenvalue weighted by Gasteiger charge is 2.62. The number of fused-ring (bicyclic) bond motifs is 1. The molecule has 1 amide bonds. The predicted molar refractivity (Wildman–Crippen MR) is 102 cm³/mol. The molecule has 0 bridgehead atoms. The van der Waals surface area contributed by atoms with Crippen LogP contribution in [-0.2, 0) is 4.79 Å². The van der Waals surface area contributed by atoms with Crippen LogP contribution in [0.15, 0.2) is 11.1 Å². The third-order valence-electron chi connectivity index (χ3n) is 5.68. The van der Waals surface area contributed by atoms with Crippen molar-refractivity contribution in [2.45, 2.75) is 31.5 Å². The number of aliphatic hydroxyl groups excluding tert-OH is 2. The van der Waals surface area contributed by atoms with Crippen LogP contribution in [0.3, 0.4) is 0 Å². The molecule has 3 N–H and O–H groups in total. The average molecular weight is 482 g/mol. The van der Waals surface area contributed by atoms with Gasteiger partial charge >= 0.3 is 12.1 Å². The fraction of sp³-hybridized carbons (Fsp3) is 0.579. The number of carbonyl (C=O) groups is 2. The molecule has 0 saturated carbocycles. The lowest BCUT2D eigenvalue weighted by Crippen LogP contribution is -2.61. The fourth-order valence-electron chi connectivity index (χ4n) is 3.61. The summed E-state index contributed by atoms with van der Waals surface area (Å²) in [6, 6.07) is -1.87. The smallest absolute Gasteiger partial charge is 0.396 e. The van der Waals surface area contributed by atoms with Gasteiger partial charge in [-0.3, -0.25) is 9.59 Å². The molecule has 2 aliphatic rings. The normalized spacial score (nSPS) is 20.8. The van der Waals surface area contributed by atoms with Crippen molar-refractivity contribution in [2.24, 2.45) is 16.3 Å². The molecule has 0 aliphatic carbocycles. The van der Waals surface area contributed by atoms with E-state index < -0.39 is 59.0 Å². The van der Waals surface area contributed by atoms with Gasteiger partial charge in [0.05, 0.1) is 24.2 Å². The van der Waals surface area contributed by atoms with E-state index in [1.54, 1.807) is 0 Å². The number of anilines is 1. The van der Waals surface area contributed by atoms with E-state index in [1.807, 2.05) is 0 Å². The number of aliphatic hydroxyl groups is 2. The summed E-state index contributed by atoms with van der Waals surface area (Å²) in [6.45, 7) is 0.488. The number of Topliss-reactive ketones (excluding diaryl/α,β-unsaturated/α-hetero) is 1. The van der Waals surface area contributed by atoms with E-state index in [2.05, 4.69) is 9.98 Å². The number of nitrogens with zero attached hydrogens (tertiary/aromatic N) is 3. The van der Waals surface area contributed by atoms with Crippen LogP contribution < -0.4 is 10.2 Å². The number of hydrogen-bond donors (Lipinski definition) is 3. The molecule has 1 saturated heterocycles. The van der Waals surface area contributed by atoms with Crippen molar-refractivity contribution >= 4 is 29.5 Å². The Morgan fingerprint density at radius 1 is 1.27 bits per heavy atom. The van der Waals surface area contributed by atoms with Crippen LogP contribution in [0.5, 0.6) is 0 Å². The number of pyridine rings is 1. The third kappa shape index (κ3) is 4.28. The lowest BCUT2D eigenvalue weighted by atomic mass is 9.81. The summed E-state index contributed by atoms with van der Waals surface area (Å²) in [4.78, 5) is 34.1. The van der Waals surface area contributed by atoms with Crippen molar-refractivity contribution in [3.05, 3.63) is 17.4 Å². The molecule has 2 unspecified atom stereocenters. The summed E-state index contributed by atoms with van der Waals surface area (Å²) in [5, 5.41) is 20.2. The first-order chi connectivity index (χ1) is 15.3. The lowest BCUT2D eigenvalue weighted by Gasteiger charge is -2.48. The van der Waals surface area contributed by atoms with Gasteiger partial charge in [-0.05, 0) is 12.5 Å². The number of carbonyl (C=O) groups excluding carboxylic acids is 2. The van der Waals surface area contributed by atoms with Gasteiger partial charge in [0.2, 0.25) is 5.91 Å². The quantitative estimate of drug-likeness (QED) is 0.402. The van der Waals surface area contributed by atoms with E-state index in [9.17, 15) is 46.1 Å². The van der Waals surface area contributed by atoms with Gasteiger partial charge in [-0.25, -0.2) is 14.4 Å². The maximum Gasteiger partial charge on any atom is 0.455 e. The molecule has 14 heteroatoms. The van der Waals surface area contributed by atoms with E-state index >= 15 is 0 Å². The summed E-state index contributed by atoms with van der Waals surface area (Å²) in [7, 11) is 0. The Hall–Kier alpha value is -2.74. The maximum atomic E-state index is 14.6. The Bertz CT molecular complexity index is 972. The molecule has 2 atom stereocenters. The molecule has 0 radical (unpaired) electrons. The minimum absolute atomic E-state index is 0.0806. The van der Waals surface area contributed by atoms with Gasteiger partial charge in [0.1, 0.15) is 12.0 Å². The standard InChI is InChI=1S/C19H20F6N4O4/c1-2-12(18(21,22)19(23,24)25)27-16(33)10-4-26-14-9(13(10)32)3-11(20)15(28-14)29-5-17(6-29,7-30)8-31/h3-4,10,12,30-31H,2,5-8H2,1H3,(H,27,33). The molecule has 1 aromatic heterocycles. The Morgan fingerprint density at radius 3 is 2.39 bits per heavy atom. The molecule has 33 heavy (non-hydrogen) atoms. The molecule has 8 nitrogen and oxygen atoms in total. The predicted octanol–water partition coefficient (Wildman–Crippen LogP) is 1.62. The number of nitrogens with one attached hydrogen (secondary N) is 1. The number of rotatable bonds is 7. The second-order valence-corrected chi connectivity index (χ2v) is 8.05. The molecule has 1 fully saturated rings. The minimum Gasteiger partial charge on any atom is -0.396 e. The number of alkyl halides is 5. The van der Waals surface area contributed by atoms with Gasteiger partial charge in [0.25, 0.3) is 0 Å². The Morgan fingerprint density at radius 2 is 1.88 bits per heavy atom. The van der Waals surface area contributed by atoms with Gasteiger partial charge in [0.15, 0.2) is 23.2 Å². The molecule has 2 aliphatic heterocycles. The molecule has 0 spiro atoms. The lowest BCUT2D eigenvalue weighted by molar-refractivity contribution is -0.292.